The Bertz CT molecular complexity index is 577. The monoisotopic (exact) mass is 283 g/mol. The van der Waals surface area contributed by atoms with Crippen LogP contribution in [0.15, 0.2) is 18.2 Å². The Morgan fingerprint density at radius 2 is 2.15 bits per heavy atom. The average Bonchev–Trinajstić information content (AvgIpc) is 2.40. The van der Waals surface area contributed by atoms with Gasteiger partial charge in [-0.15, -0.1) is 0 Å². The second-order valence-corrected chi connectivity index (χ2v) is 4.50. The fourth-order valence-corrected chi connectivity index (χ4v) is 2.18. The SMILES string of the molecule is CC1C(=O)NCCN1c1ccc(C#N)c(C(F)(F)F)c1. The number of nitriles is 1. The highest BCUT2D eigenvalue weighted by Gasteiger charge is 2.35. The van der Waals surface area contributed by atoms with Crippen LogP contribution in [-0.2, 0) is 11.0 Å². The summed E-state index contributed by atoms with van der Waals surface area (Å²) in [7, 11) is 0. The highest BCUT2D eigenvalue weighted by atomic mass is 19.4. The number of nitrogens with one attached hydrogen (secondary N) is 1. The lowest BCUT2D eigenvalue weighted by Gasteiger charge is -2.35. The largest absolute Gasteiger partial charge is 0.417 e. The van der Waals surface area contributed by atoms with Crippen LogP contribution in [0.4, 0.5) is 18.9 Å². The molecule has 7 heteroatoms. The molecule has 1 aliphatic rings. The van der Waals surface area contributed by atoms with E-state index in [0.29, 0.717) is 18.8 Å². The molecule has 0 spiro atoms. The number of hydrogen-bond acceptors (Lipinski definition) is 3. The molecule has 1 aromatic rings. The molecule has 0 aromatic heterocycles. The Hall–Kier alpha value is -2.23. The predicted molar refractivity (Wildman–Crippen MR) is 66.0 cm³/mol. The summed E-state index contributed by atoms with van der Waals surface area (Å²) in [5.41, 5.74) is -1.11. The maximum atomic E-state index is 12.9. The maximum Gasteiger partial charge on any atom is 0.417 e. The fourth-order valence-electron chi connectivity index (χ4n) is 2.18. The molecule has 1 aliphatic heterocycles. The van der Waals surface area contributed by atoms with Crippen molar-refractivity contribution < 1.29 is 18.0 Å². The van der Waals surface area contributed by atoms with Gasteiger partial charge in [0.25, 0.3) is 0 Å². The molecule has 1 unspecified atom stereocenters. The van der Waals surface area contributed by atoms with Gasteiger partial charge in [0.15, 0.2) is 0 Å². The lowest BCUT2D eigenvalue weighted by molar-refractivity contribution is -0.137. The molecule has 0 saturated carbocycles. The number of halogens is 3. The van der Waals surface area contributed by atoms with Crippen molar-refractivity contribution in [1.82, 2.24) is 5.32 Å². The Labute approximate surface area is 113 Å². The van der Waals surface area contributed by atoms with E-state index in [4.69, 9.17) is 5.26 Å². The van der Waals surface area contributed by atoms with Crippen molar-refractivity contribution in [3.63, 3.8) is 0 Å². The van der Waals surface area contributed by atoms with E-state index in [9.17, 15) is 18.0 Å². The normalized spacial score (nSPS) is 19.4. The molecule has 1 amide bonds. The van der Waals surface area contributed by atoms with E-state index >= 15 is 0 Å². The van der Waals surface area contributed by atoms with Crippen LogP contribution in [0.25, 0.3) is 0 Å². The van der Waals surface area contributed by atoms with Crippen molar-refractivity contribution in [3.8, 4) is 6.07 Å². The van der Waals surface area contributed by atoms with Gasteiger partial charge in [0, 0.05) is 18.8 Å². The molecule has 0 radical (unpaired) electrons. The zero-order valence-electron chi connectivity index (χ0n) is 10.7. The third-order valence-electron chi connectivity index (χ3n) is 3.26. The first kappa shape index (κ1) is 14.2. The summed E-state index contributed by atoms with van der Waals surface area (Å²) in [6.45, 7) is 2.43. The van der Waals surface area contributed by atoms with E-state index in [1.54, 1.807) is 11.8 Å². The molecule has 1 atom stereocenters. The molecule has 1 fully saturated rings. The van der Waals surface area contributed by atoms with Crippen LogP contribution in [-0.4, -0.2) is 25.0 Å². The van der Waals surface area contributed by atoms with E-state index < -0.39 is 23.3 Å². The number of rotatable bonds is 1. The molecular formula is C13H12F3N3O. The summed E-state index contributed by atoms with van der Waals surface area (Å²) < 4.78 is 38.7. The second-order valence-electron chi connectivity index (χ2n) is 4.50. The van der Waals surface area contributed by atoms with Gasteiger partial charge in [0.1, 0.15) is 6.04 Å². The van der Waals surface area contributed by atoms with Gasteiger partial charge in [-0.1, -0.05) is 0 Å². The third kappa shape index (κ3) is 2.54. The van der Waals surface area contributed by atoms with Crippen LogP contribution in [0.5, 0.6) is 0 Å². The first-order valence-corrected chi connectivity index (χ1v) is 6.00. The van der Waals surface area contributed by atoms with Crippen LogP contribution in [0.1, 0.15) is 18.1 Å². The van der Waals surface area contributed by atoms with E-state index in [1.807, 2.05) is 0 Å². The zero-order chi connectivity index (χ0) is 14.9. The molecule has 0 aliphatic carbocycles. The molecule has 1 saturated heterocycles. The average molecular weight is 283 g/mol. The number of alkyl halides is 3. The van der Waals surface area contributed by atoms with Crippen molar-refractivity contribution in [2.75, 3.05) is 18.0 Å². The van der Waals surface area contributed by atoms with Gasteiger partial charge >= 0.3 is 6.18 Å². The number of piperazine rings is 1. The summed E-state index contributed by atoms with van der Waals surface area (Å²) in [5, 5.41) is 11.4. The van der Waals surface area contributed by atoms with Gasteiger partial charge in [0.05, 0.1) is 17.2 Å². The molecule has 20 heavy (non-hydrogen) atoms. The fraction of sp³-hybridized carbons (Fsp3) is 0.385. The molecule has 1 aromatic carbocycles. The van der Waals surface area contributed by atoms with Crippen molar-refractivity contribution >= 4 is 11.6 Å². The van der Waals surface area contributed by atoms with Gasteiger partial charge in [-0.25, -0.2) is 0 Å². The van der Waals surface area contributed by atoms with Crippen LogP contribution in [0.2, 0.25) is 0 Å². The molecule has 0 bridgehead atoms. The number of carbonyl (C=O) groups excluding carboxylic acids is 1. The van der Waals surface area contributed by atoms with Gasteiger partial charge in [-0.05, 0) is 25.1 Å². The van der Waals surface area contributed by atoms with E-state index in [1.165, 1.54) is 12.1 Å². The highest BCUT2D eigenvalue weighted by molar-refractivity contribution is 5.86. The van der Waals surface area contributed by atoms with E-state index in [0.717, 1.165) is 12.1 Å². The van der Waals surface area contributed by atoms with Crippen molar-refractivity contribution in [2.45, 2.75) is 19.1 Å². The minimum Gasteiger partial charge on any atom is -0.358 e. The van der Waals surface area contributed by atoms with Crippen molar-refractivity contribution in [3.05, 3.63) is 29.3 Å². The molecule has 4 nitrogen and oxygen atoms in total. The van der Waals surface area contributed by atoms with Crippen LogP contribution >= 0.6 is 0 Å². The molecular weight excluding hydrogens is 271 g/mol. The lowest BCUT2D eigenvalue weighted by Crippen LogP contribution is -2.54. The first-order chi connectivity index (χ1) is 9.34. The van der Waals surface area contributed by atoms with Gasteiger partial charge in [0.2, 0.25) is 5.91 Å². The summed E-state index contributed by atoms with van der Waals surface area (Å²) in [4.78, 5) is 13.1. The minimum absolute atomic E-state index is 0.228. The van der Waals surface area contributed by atoms with Crippen LogP contribution in [0.3, 0.4) is 0 Å². The quantitative estimate of drug-likeness (QED) is 0.856. The summed E-state index contributed by atoms with van der Waals surface area (Å²) in [6, 6.07) is 4.48. The standard InChI is InChI=1S/C13H12F3N3O/c1-8-12(20)18-4-5-19(8)10-3-2-9(7-17)11(6-10)13(14,15)16/h2-3,6,8H,4-5H2,1H3,(H,18,20). The minimum atomic E-state index is -4.59. The summed E-state index contributed by atoms with van der Waals surface area (Å²) in [6.07, 6.45) is -4.59. The Kier molecular flexibility index (Phi) is 3.57. The number of nitrogens with zero attached hydrogens (tertiary/aromatic N) is 2. The second kappa shape index (κ2) is 5.04. The van der Waals surface area contributed by atoms with Crippen molar-refractivity contribution in [2.24, 2.45) is 0 Å². The van der Waals surface area contributed by atoms with E-state index in [-0.39, 0.29) is 5.91 Å². The van der Waals surface area contributed by atoms with Gasteiger partial charge < -0.3 is 10.2 Å². The zero-order valence-corrected chi connectivity index (χ0v) is 10.7. The Morgan fingerprint density at radius 1 is 1.45 bits per heavy atom. The molecule has 2 rings (SSSR count). The summed E-state index contributed by atoms with van der Waals surface area (Å²) in [5.74, 6) is -0.228. The number of anilines is 1. The first-order valence-electron chi connectivity index (χ1n) is 6.00. The van der Waals surface area contributed by atoms with Crippen molar-refractivity contribution in [1.29, 1.82) is 5.26 Å². The van der Waals surface area contributed by atoms with Gasteiger partial charge in [-0.3, -0.25) is 4.79 Å². The van der Waals surface area contributed by atoms with E-state index in [2.05, 4.69) is 5.32 Å². The number of benzene rings is 1. The predicted octanol–water partition coefficient (Wildman–Crippen LogP) is 1.90. The highest BCUT2D eigenvalue weighted by Crippen LogP contribution is 2.34. The Balaban J connectivity index is 2.44. The maximum absolute atomic E-state index is 12.9. The third-order valence-corrected chi connectivity index (χ3v) is 3.26. The number of carbonyl (C=O) groups is 1. The smallest absolute Gasteiger partial charge is 0.358 e. The van der Waals surface area contributed by atoms with Gasteiger partial charge in [-0.2, -0.15) is 18.4 Å². The summed E-state index contributed by atoms with van der Waals surface area (Å²) >= 11 is 0. The Morgan fingerprint density at radius 3 is 2.75 bits per heavy atom. The molecule has 106 valence electrons. The lowest BCUT2D eigenvalue weighted by atomic mass is 10.0. The molecule has 1 N–H and O–H groups in total. The number of hydrogen-bond donors (Lipinski definition) is 1. The molecule has 1 heterocycles. The van der Waals surface area contributed by atoms with Crippen LogP contribution < -0.4 is 10.2 Å². The van der Waals surface area contributed by atoms with Crippen LogP contribution in [0, 0.1) is 11.3 Å². The number of amides is 1. The topological polar surface area (TPSA) is 56.1 Å².